The fourth-order valence-electron chi connectivity index (χ4n) is 5.71. The fraction of sp³-hybridized carbons (Fsp3) is 0.462. The molecule has 0 saturated carbocycles. The quantitative estimate of drug-likeness (QED) is 0.121. The molecule has 3 aromatic rings. The normalized spacial score (nSPS) is 17.4. The van der Waals surface area contributed by atoms with E-state index in [2.05, 4.69) is 128 Å². The first kappa shape index (κ1) is 36.0. The lowest BCUT2D eigenvalue weighted by Gasteiger charge is -2.39. The van der Waals surface area contributed by atoms with E-state index in [-0.39, 0.29) is 5.41 Å². The molecule has 1 atom stereocenters. The second-order valence-corrected chi connectivity index (χ2v) is 13.4. The average molecular weight is 641 g/mol. The Bertz CT molecular complexity index is 1570. The molecule has 1 aromatic heterocycles. The number of anilines is 1. The Hall–Kier alpha value is -3.85. The minimum absolute atomic E-state index is 0.0256. The van der Waals surface area contributed by atoms with E-state index < -0.39 is 0 Å². The van der Waals surface area contributed by atoms with Gasteiger partial charge in [-0.1, -0.05) is 64.5 Å². The van der Waals surface area contributed by atoms with Gasteiger partial charge in [-0.05, 0) is 69.6 Å². The standard InChI is InChI=1S/C39H56N6O2/c1-10-14-38(43-35(37(46-9)25-40-7)23-28(3)39(4,5)6)42-34-17-18-36(33-16-13-12-15-32(33)34)47-31-19-20-41-29(24-31)26-45-22-21-44(8)30(11-2)27-45/h12-20,23-24,30,40,42-43H,10-11,21-22,25-27H2,1-9H3/b28-23+,37-35-,38-14?. The van der Waals surface area contributed by atoms with Gasteiger partial charge < -0.3 is 30.3 Å². The Balaban J connectivity index is 1.59. The molecule has 1 aliphatic heterocycles. The highest BCUT2D eigenvalue weighted by Crippen LogP contribution is 2.35. The zero-order chi connectivity index (χ0) is 34.0. The molecule has 3 N–H and O–H groups in total. The number of rotatable bonds is 14. The van der Waals surface area contributed by atoms with E-state index in [1.165, 1.54) is 5.57 Å². The molecular formula is C39H56N6O2. The second-order valence-electron chi connectivity index (χ2n) is 13.4. The highest BCUT2D eigenvalue weighted by Gasteiger charge is 2.23. The van der Waals surface area contributed by atoms with Crippen LogP contribution in [-0.2, 0) is 11.3 Å². The Kier molecular flexibility index (Phi) is 12.9. The van der Waals surface area contributed by atoms with Crippen LogP contribution in [0.1, 0.15) is 60.1 Å². The SMILES string of the molecule is CCC=C(NC(/C=C(\C)C(C)(C)C)=C(/CNC)OC)Nc1ccc(Oc2ccnc(CN3CCN(C)C(CC)C3)c2)c2ccccc12. The molecule has 47 heavy (non-hydrogen) atoms. The zero-order valence-electron chi connectivity index (χ0n) is 30.0. The second kappa shape index (κ2) is 16.8. The molecule has 1 aliphatic rings. The van der Waals surface area contributed by atoms with Crippen LogP contribution in [0.5, 0.6) is 11.5 Å². The maximum atomic E-state index is 6.54. The lowest BCUT2D eigenvalue weighted by molar-refractivity contribution is 0.0875. The van der Waals surface area contributed by atoms with Crippen molar-refractivity contribution in [1.29, 1.82) is 0 Å². The summed E-state index contributed by atoms with van der Waals surface area (Å²) in [4.78, 5) is 9.64. The van der Waals surface area contributed by atoms with Crippen molar-refractivity contribution >= 4 is 16.5 Å². The van der Waals surface area contributed by atoms with Gasteiger partial charge >= 0.3 is 0 Å². The van der Waals surface area contributed by atoms with E-state index in [9.17, 15) is 0 Å². The number of piperazine rings is 1. The van der Waals surface area contributed by atoms with Gasteiger partial charge in [0.05, 0.1) is 25.0 Å². The molecule has 8 nitrogen and oxygen atoms in total. The van der Waals surface area contributed by atoms with Crippen molar-refractivity contribution in [2.75, 3.05) is 52.7 Å². The summed E-state index contributed by atoms with van der Waals surface area (Å²) in [7, 11) is 5.87. The van der Waals surface area contributed by atoms with Gasteiger partial charge in [-0.15, -0.1) is 0 Å². The minimum Gasteiger partial charge on any atom is -0.498 e. The number of ether oxygens (including phenoxy) is 2. The number of methoxy groups -OCH3 is 1. The monoisotopic (exact) mass is 640 g/mol. The van der Waals surface area contributed by atoms with Gasteiger partial charge in [-0.2, -0.15) is 0 Å². The smallest absolute Gasteiger partial charge is 0.135 e. The number of fused-ring (bicyclic) bond motifs is 1. The van der Waals surface area contributed by atoms with E-state index >= 15 is 0 Å². The molecule has 2 heterocycles. The molecule has 0 spiro atoms. The minimum atomic E-state index is 0.0256. The van der Waals surface area contributed by atoms with Crippen LogP contribution in [0, 0.1) is 5.41 Å². The third kappa shape index (κ3) is 9.83. The number of hydrogen-bond acceptors (Lipinski definition) is 8. The van der Waals surface area contributed by atoms with Crippen molar-refractivity contribution in [2.24, 2.45) is 5.41 Å². The van der Waals surface area contributed by atoms with Crippen molar-refractivity contribution in [2.45, 2.75) is 67.0 Å². The largest absolute Gasteiger partial charge is 0.498 e. The van der Waals surface area contributed by atoms with Gasteiger partial charge in [0.15, 0.2) is 0 Å². The summed E-state index contributed by atoms with van der Waals surface area (Å²) in [6, 6.07) is 17.1. The number of likely N-dealkylation sites (N-methyl/N-ethyl adjacent to an activating group) is 2. The molecule has 1 saturated heterocycles. The van der Waals surface area contributed by atoms with Gasteiger partial charge in [0.2, 0.25) is 0 Å². The molecule has 2 aromatic carbocycles. The van der Waals surface area contributed by atoms with Gasteiger partial charge in [0.1, 0.15) is 23.1 Å². The third-order valence-electron chi connectivity index (χ3n) is 8.99. The van der Waals surface area contributed by atoms with E-state index in [1.807, 2.05) is 25.4 Å². The molecule has 0 amide bonds. The summed E-state index contributed by atoms with van der Waals surface area (Å²) in [6.07, 6.45) is 8.21. The third-order valence-corrected chi connectivity index (χ3v) is 8.99. The average Bonchev–Trinajstić information content (AvgIpc) is 3.05. The van der Waals surface area contributed by atoms with Crippen LogP contribution in [-0.4, -0.2) is 68.2 Å². The van der Waals surface area contributed by atoms with E-state index in [0.717, 1.165) is 90.0 Å². The zero-order valence-corrected chi connectivity index (χ0v) is 30.0. The maximum Gasteiger partial charge on any atom is 0.135 e. The number of aromatic nitrogens is 1. The van der Waals surface area contributed by atoms with Gasteiger partial charge in [-0.25, -0.2) is 0 Å². The number of allylic oxidation sites excluding steroid dienone is 3. The van der Waals surface area contributed by atoms with Crippen LogP contribution in [0.4, 0.5) is 5.69 Å². The number of pyridine rings is 1. The molecular weight excluding hydrogens is 584 g/mol. The first-order valence-corrected chi connectivity index (χ1v) is 17.0. The highest BCUT2D eigenvalue weighted by molar-refractivity contribution is 5.98. The first-order valence-electron chi connectivity index (χ1n) is 17.0. The van der Waals surface area contributed by atoms with E-state index in [4.69, 9.17) is 9.47 Å². The van der Waals surface area contributed by atoms with E-state index in [0.29, 0.717) is 12.6 Å². The van der Waals surface area contributed by atoms with Crippen molar-refractivity contribution < 1.29 is 9.47 Å². The van der Waals surface area contributed by atoms with Gasteiger partial charge in [0, 0.05) is 60.9 Å². The van der Waals surface area contributed by atoms with Crippen molar-refractivity contribution in [3.05, 3.63) is 95.4 Å². The summed E-state index contributed by atoms with van der Waals surface area (Å²) < 4.78 is 12.4. The molecule has 254 valence electrons. The van der Waals surface area contributed by atoms with E-state index in [1.54, 1.807) is 7.11 Å². The number of hydrogen-bond donors (Lipinski definition) is 3. The van der Waals surface area contributed by atoms with Gasteiger partial charge in [-0.3, -0.25) is 9.88 Å². The van der Waals surface area contributed by atoms with Crippen molar-refractivity contribution in [1.82, 2.24) is 25.4 Å². The number of nitrogens with zero attached hydrogens (tertiary/aromatic N) is 3. The Labute approximate surface area is 282 Å². The molecule has 0 radical (unpaired) electrons. The molecule has 0 aliphatic carbocycles. The molecule has 1 fully saturated rings. The highest BCUT2D eigenvalue weighted by atomic mass is 16.5. The van der Waals surface area contributed by atoms with Gasteiger partial charge in [0.25, 0.3) is 0 Å². The fourth-order valence-corrected chi connectivity index (χ4v) is 5.71. The summed E-state index contributed by atoms with van der Waals surface area (Å²) in [5.74, 6) is 3.33. The Morgan fingerprint density at radius 3 is 2.51 bits per heavy atom. The maximum absolute atomic E-state index is 6.54. The first-order chi connectivity index (χ1) is 22.6. The van der Waals surface area contributed by atoms with Crippen LogP contribution in [0.3, 0.4) is 0 Å². The summed E-state index contributed by atoms with van der Waals surface area (Å²) in [6.45, 7) is 17.9. The van der Waals surface area contributed by atoms with Crippen molar-refractivity contribution in [3.63, 3.8) is 0 Å². The molecule has 1 unspecified atom stereocenters. The topological polar surface area (TPSA) is 73.9 Å². The Morgan fingerprint density at radius 1 is 1.06 bits per heavy atom. The lowest BCUT2D eigenvalue weighted by atomic mass is 9.87. The molecule has 0 bridgehead atoms. The molecule has 8 heteroatoms. The number of benzene rings is 2. The summed E-state index contributed by atoms with van der Waals surface area (Å²) >= 11 is 0. The Morgan fingerprint density at radius 2 is 1.83 bits per heavy atom. The predicted molar refractivity (Wildman–Crippen MR) is 197 cm³/mol. The van der Waals surface area contributed by atoms with Crippen LogP contribution in [0.25, 0.3) is 10.8 Å². The van der Waals surface area contributed by atoms with Crippen LogP contribution in [0.15, 0.2) is 89.7 Å². The summed E-state index contributed by atoms with van der Waals surface area (Å²) in [5, 5.41) is 12.7. The lowest BCUT2D eigenvalue weighted by Crippen LogP contribution is -2.50. The summed E-state index contributed by atoms with van der Waals surface area (Å²) in [5.41, 5.74) is 4.21. The molecule has 4 rings (SSSR count). The number of nitrogens with one attached hydrogen (secondary N) is 3. The van der Waals surface area contributed by atoms with Crippen LogP contribution >= 0.6 is 0 Å². The van der Waals surface area contributed by atoms with Crippen LogP contribution < -0.4 is 20.7 Å². The van der Waals surface area contributed by atoms with Crippen LogP contribution in [0.2, 0.25) is 0 Å². The van der Waals surface area contributed by atoms with Crippen molar-refractivity contribution in [3.8, 4) is 11.5 Å². The predicted octanol–water partition coefficient (Wildman–Crippen LogP) is 7.88.